The third-order valence-electron chi connectivity index (χ3n) is 4.52. The molecule has 1 aliphatic rings. The molecule has 20 heavy (non-hydrogen) atoms. The lowest BCUT2D eigenvalue weighted by Gasteiger charge is -2.15. The molecule has 0 aromatic heterocycles. The molecule has 0 bridgehead atoms. The summed E-state index contributed by atoms with van der Waals surface area (Å²) in [6.45, 7) is 3.24. The molecule has 1 rings (SSSR count). The van der Waals surface area contributed by atoms with Gasteiger partial charge < -0.3 is 10.5 Å². The standard InChI is InChI=1S/C18H37NO/c1-2-3-4-5-6-7-8-9-10-11-13-17(19)16-18-14-12-15-20-18/h17-18H,2-16,19H2,1H3. The summed E-state index contributed by atoms with van der Waals surface area (Å²) in [4.78, 5) is 0. The van der Waals surface area contributed by atoms with Crippen LogP contribution in [0.1, 0.15) is 96.8 Å². The average Bonchev–Trinajstić information content (AvgIpc) is 2.93. The summed E-state index contributed by atoms with van der Waals surface area (Å²) in [7, 11) is 0. The van der Waals surface area contributed by atoms with Crippen LogP contribution < -0.4 is 5.73 Å². The summed E-state index contributed by atoms with van der Waals surface area (Å²) < 4.78 is 5.64. The van der Waals surface area contributed by atoms with Crippen LogP contribution in [0.5, 0.6) is 0 Å². The Morgan fingerprint density at radius 1 is 0.950 bits per heavy atom. The molecule has 2 atom stereocenters. The summed E-state index contributed by atoms with van der Waals surface area (Å²) in [5.41, 5.74) is 6.18. The van der Waals surface area contributed by atoms with Gasteiger partial charge in [0.1, 0.15) is 0 Å². The molecule has 0 saturated carbocycles. The lowest BCUT2D eigenvalue weighted by molar-refractivity contribution is 0.0973. The quantitative estimate of drug-likeness (QED) is 0.472. The van der Waals surface area contributed by atoms with E-state index in [0.29, 0.717) is 12.1 Å². The van der Waals surface area contributed by atoms with Gasteiger partial charge in [0.05, 0.1) is 6.10 Å². The first-order valence-electron chi connectivity index (χ1n) is 9.20. The van der Waals surface area contributed by atoms with Gasteiger partial charge in [0.25, 0.3) is 0 Å². The van der Waals surface area contributed by atoms with Gasteiger partial charge in [-0.3, -0.25) is 0 Å². The van der Waals surface area contributed by atoms with E-state index in [2.05, 4.69) is 6.92 Å². The van der Waals surface area contributed by atoms with E-state index in [0.717, 1.165) is 13.0 Å². The third kappa shape index (κ3) is 9.77. The molecule has 1 aliphatic heterocycles. The Hall–Kier alpha value is -0.0800. The van der Waals surface area contributed by atoms with E-state index in [9.17, 15) is 0 Å². The molecule has 1 fully saturated rings. The normalized spacial score (nSPS) is 20.4. The van der Waals surface area contributed by atoms with Crippen LogP contribution in [0.15, 0.2) is 0 Å². The fourth-order valence-electron chi connectivity index (χ4n) is 3.18. The summed E-state index contributed by atoms with van der Waals surface area (Å²) in [6, 6.07) is 0.368. The summed E-state index contributed by atoms with van der Waals surface area (Å²) in [6.07, 6.45) is 19.2. The average molecular weight is 284 g/mol. The number of hydrogen-bond acceptors (Lipinski definition) is 2. The molecule has 1 heterocycles. The molecule has 0 aromatic rings. The molecule has 0 amide bonds. The topological polar surface area (TPSA) is 35.2 Å². The van der Waals surface area contributed by atoms with Gasteiger partial charge in [0.2, 0.25) is 0 Å². The highest BCUT2D eigenvalue weighted by atomic mass is 16.5. The highest BCUT2D eigenvalue weighted by Crippen LogP contribution is 2.18. The van der Waals surface area contributed by atoms with Gasteiger partial charge in [-0.2, -0.15) is 0 Å². The second kappa shape index (κ2) is 12.6. The molecule has 120 valence electrons. The SMILES string of the molecule is CCCCCCCCCCCCC(N)CC1CCCO1. The zero-order chi connectivity index (χ0) is 14.5. The highest BCUT2D eigenvalue weighted by molar-refractivity contribution is 4.72. The van der Waals surface area contributed by atoms with Crippen molar-refractivity contribution in [2.45, 2.75) is 109 Å². The maximum absolute atomic E-state index is 6.18. The minimum Gasteiger partial charge on any atom is -0.378 e. The molecule has 0 aromatic carbocycles. The fraction of sp³-hybridized carbons (Fsp3) is 1.00. The Labute approximate surface area is 126 Å². The van der Waals surface area contributed by atoms with Crippen LogP contribution in [-0.4, -0.2) is 18.8 Å². The second-order valence-corrected chi connectivity index (χ2v) is 6.60. The molecule has 2 N–H and O–H groups in total. The van der Waals surface area contributed by atoms with E-state index in [4.69, 9.17) is 10.5 Å². The second-order valence-electron chi connectivity index (χ2n) is 6.60. The van der Waals surface area contributed by atoms with Crippen molar-refractivity contribution in [1.29, 1.82) is 0 Å². The van der Waals surface area contributed by atoms with Gasteiger partial charge in [0.15, 0.2) is 0 Å². The predicted octanol–water partition coefficient (Wildman–Crippen LogP) is 5.19. The van der Waals surface area contributed by atoms with E-state index in [1.54, 1.807) is 0 Å². The smallest absolute Gasteiger partial charge is 0.0590 e. The highest BCUT2D eigenvalue weighted by Gasteiger charge is 2.18. The number of rotatable bonds is 13. The molecule has 0 aliphatic carbocycles. The molecule has 1 saturated heterocycles. The Morgan fingerprint density at radius 3 is 2.10 bits per heavy atom. The molecule has 0 radical (unpaired) electrons. The number of hydrogen-bond donors (Lipinski definition) is 1. The number of unbranched alkanes of at least 4 members (excludes halogenated alkanes) is 9. The molecule has 0 spiro atoms. The minimum atomic E-state index is 0.368. The summed E-state index contributed by atoms with van der Waals surface area (Å²) >= 11 is 0. The van der Waals surface area contributed by atoms with Crippen LogP contribution >= 0.6 is 0 Å². The molecule has 2 heteroatoms. The molecule has 2 unspecified atom stereocenters. The maximum Gasteiger partial charge on any atom is 0.0590 e. The number of ether oxygens (including phenoxy) is 1. The van der Waals surface area contributed by atoms with E-state index >= 15 is 0 Å². The maximum atomic E-state index is 6.18. The Balaban J connectivity index is 1.77. The van der Waals surface area contributed by atoms with Crippen molar-refractivity contribution < 1.29 is 4.74 Å². The fourth-order valence-corrected chi connectivity index (χ4v) is 3.18. The van der Waals surface area contributed by atoms with E-state index in [-0.39, 0.29) is 0 Å². The van der Waals surface area contributed by atoms with Gasteiger partial charge in [-0.1, -0.05) is 71.1 Å². The van der Waals surface area contributed by atoms with Crippen LogP contribution in [-0.2, 0) is 4.74 Å². The number of nitrogens with two attached hydrogens (primary N) is 1. The van der Waals surface area contributed by atoms with Crippen molar-refractivity contribution in [1.82, 2.24) is 0 Å². The monoisotopic (exact) mass is 283 g/mol. The largest absolute Gasteiger partial charge is 0.378 e. The van der Waals surface area contributed by atoms with Gasteiger partial charge in [-0.05, 0) is 25.7 Å². The van der Waals surface area contributed by atoms with Gasteiger partial charge in [-0.25, -0.2) is 0 Å². The third-order valence-corrected chi connectivity index (χ3v) is 4.52. The van der Waals surface area contributed by atoms with E-state index in [1.165, 1.54) is 83.5 Å². The zero-order valence-corrected chi connectivity index (χ0v) is 13.7. The van der Waals surface area contributed by atoms with E-state index < -0.39 is 0 Å². The van der Waals surface area contributed by atoms with Crippen LogP contribution in [0.4, 0.5) is 0 Å². The van der Waals surface area contributed by atoms with Crippen molar-refractivity contribution in [3.63, 3.8) is 0 Å². The van der Waals surface area contributed by atoms with Gasteiger partial charge in [0, 0.05) is 12.6 Å². The minimum absolute atomic E-state index is 0.368. The van der Waals surface area contributed by atoms with Crippen LogP contribution in [0.2, 0.25) is 0 Å². The Kier molecular flexibility index (Phi) is 11.4. The molecule has 2 nitrogen and oxygen atoms in total. The van der Waals surface area contributed by atoms with Crippen LogP contribution in [0.25, 0.3) is 0 Å². The van der Waals surface area contributed by atoms with E-state index in [1.807, 2.05) is 0 Å². The van der Waals surface area contributed by atoms with Crippen molar-refractivity contribution >= 4 is 0 Å². The predicted molar refractivity (Wildman–Crippen MR) is 88.0 cm³/mol. The zero-order valence-electron chi connectivity index (χ0n) is 13.7. The molecular formula is C18H37NO. The van der Waals surface area contributed by atoms with Gasteiger partial charge in [-0.15, -0.1) is 0 Å². The molecular weight excluding hydrogens is 246 g/mol. The Bertz CT molecular complexity index is 202. The summed E-state index contributed by atoms with van der Waals surface area (Å²) in [5, 5.41) is 0. The lowest BCUT2D eigenvalue weighted by atomic mass is 10.0. The first-order valence-corrected chi connectivity index (χ1v) is 9.20. The van der Waals surface area contributed by atoms with Crippen molar-refractivity contribution in [3.05, 3.63) is 0 Å². The van der Waals surface area contributed by atoms with Crippen LogP contribution in [0.3, 0.4) is 0 Å². The summed E-state index contributed by atoms with van der Waals surface area (Å²) in [5.74, 6) is 0. The Morgan fingerprint density at radius 2 is 1.55 bits per heavy atom. The van der Waals surface area contributed by atoms with Crippen molar-refractivity contribution in [2.24, 2.45) is 5.73 Å². The van der Waals surface area contributed by atoms with Crippen molar-refractivity contribution in [2.75, 3.05) is 6.61 Å². The first kappa shape index (κ1) is 18.0. The van der Waals surface area contributed by atoms with Crippen molar-refractivity contribution in [3.8, 4) is 0 Å². The van der Waals surface area contributed by atoms with Gasteiger partial charge >= 0.3 is 0 Å². The van der Waals surface area contributed by atoms with Crippen LogP contribution in [0, 0.1) is 0 Å². The lowest BCUT2D eigenvalue weighted by Crippen LogP contribution is -2.25. The first-order chi connectivity index (χ1) is 9.83.